The van der Waals surface area contributed by atoms with Crippen LogP contribution in [-0.4, -0.2) is 11.6 Å². The summed E-state index contributed by atoms with van der Waals surface area (Å²) in [4.78, 5) is 26.4. The first-order valence-electron chi connectivity index (χ1n) is 12.4. The third-order valence-electron chi connectivity index (χ3n) is 6.51. The van der Waals surface area contributed by atoms with Crippen LogP contribution < -0.4 is 0 Å². The summed E-state index contributed by atoms with van der Waals surface area (Å²) in [6, 6.07) is 11.6. The number of rotatable bonds is 10. The van der Waals surface area contributed by atoms with E-state index in [9.17, 15) is 9.59 Å². The van der Waals surface area contributed by atoms with Crippen molar-refractivity contribution < 1.29 is 9.59 Å². The predicted molar refractivity (Wildman–Crippen MR) is 138 cm³/mol. The molecule has 0 radical (unpaired) electrons. The fourth-order valence-corrected chi connectivity index (χ4v) is 4.54. The predicted octanol–water partition coefficient (Wildman–Crippen LogP) is 8.07. The highest BCUT2D eigenvalue weighted by Crippen LogP contribution is 2.29. The monoisotopic (exact) mass is 442 g/mol. The Hall–Kier alpha value is -2.74. The third-order valence-corrected chi connectivity index (χ3v) is 6.51. The first kappa shape index (κ1) is 24.9. The number of benzene rings is 2. The summed E-state index contributed by atoms with van der Waals surface area (Å²) < 4.78 is 0. The summed E-state index contributed by atoms with van der Waals surface area (Å²) in [5.74, 6) is 0.648. The molecule has 2 nitrogen and oxygen atoms in total. The minimum Gasteiger partial charge on any atom is -0.289 e. The summed E-state index contributed by atoms with van der Waals surface area (Å²) in [6.45, 7) is 10.8. The number of hydrogen-bond donors (Lipinski definition) is 0. The highest BCUT2D eigenvalue weighted by Gasteiger charge is 2.29. The van der Waals surface area contributed by atoms with Crippen LogP contribution in [0.1, 0.15) is 110 Å². The molecular weight excluding hydrogens is 404 g/mol. The van der Waals surface area contributed by atoms with Crippen LogP contribution in [0.2, 0.25) is 0 Å². The molecule has 174 valence electrons. The molecule has 1 aliphatic carbocycles. The fourth-order valence-electron chi connectivity index (χ4n) is 4.54. The van der Waals surface area contributed by atoms with Gasteiger partial charge in [-0.2, -0.15) is 0 Å². The van der Waals surface area contributed by atoms with E-state index in [4.69, 9.17) is 0 Å². The maximum absolute atomic E-state index is 13.2. The van der Waals surface area contributed by atoms with Gasteiger partial charge in [0.2, 0.25) is 0 Å². The molecule has 0 saturated carbocycles. The highest BCUT2D eigenvalue weighted by molar-refractivity contribution is 6.28. The lowest BCUT2D eigenvalue weighted by Crippen LogP contribution is -2.21. The normalized spacial score (nSPS) is 13.2. The van der Waals surface area contributed by atoms with Crippen LogP contribution >= 0.6 is 0 Å². The standard InChI is InChI=1S/C31H38O2/c1-21(2)9-6-11-23(5)12-8-14-25-16-18-27-29(20-25)31(33)26-17-15-24(13-7-10-22(3)4)19-28(26)30(27)32/h9-10,15-20,23H,6-8,11-14H2,1-5H3. The van der Waals surface area contributed by atoms with Gasteiger partial charge in [0.15, 0.2) is 11.6 Å². The van der Waals surface area contributed by atoms with Crippen molar-refractivity contribution in [2.75, 3.05) is 0 Å². The molecule has 1 unspecified atom stereocenters. The quantitative estimate of drug-likeness (QED) is 0.297. The Morgan fingerprint density at radius 3 is 1.76 bits per heavy atom. The number of allylic oxidation sites excluding steroid dienone is 4. The zero-order valence-corrected chi connectivity index (χ0v) is 21.0. The van der Waals surface area contributed by atoms with Crippen molar-refractivity contribution in [2.24, 2.45) is 5.92 Å². The molecule has 0 heterocycles. The summed E-state index contributed by atoms with van der Waals surface area (Å²) in [5.41, 5.74) is 7.15. The van der Waals surface area contributed by atoms with E-state index in [0.717, 1.165) is 43.2 Å². The van der Waals surface area contributed by atoms with Crippen LogP contribution in [0, 0.1) is 5.92 Å². The molecule has 2 aromatic rings. The van der Waals surface area contributed by atoms with Crippen LogP contribution in [0.5, 0.6) is 0 Å². The van der Waals surface area contributed by atoms with Gasteiger partial charge < -0.3 is 0 Å². The summed E-state index contributed by atoms with van der Waals surface area (Å²) in [5, 5.41) is 0. The molecule has 0 N–H and O–H groups in total. The summed E-state index contributed by atoms with van der Waals surface area (Å²) in [7, 11) is 0. The van der Waals surface area contributed by atoms with E-state index in [-0.39, 0.29) is 11.6 Å². The maximum atomic E-state index is 13.2. The van der Waals surface area contributed by atoms with Crippen LogP contribution in [0.3, 0.4) is 0 Å². The molecule has 1 atom stereocenters. The van der Waals surface area contributed by atoms with E-state index in [0.29, 0.717) is 28.2 Å². The molecule has 0 spiro atoms. The van der Waals surface area contributed by atoms with E-state index in [2.05, 4.69) is 46.8 Å². The molecule has 2 heteroatoms. The molecule has 2 aromatic carbocycles. The zero-order valence-electron chi connectivity index (χ0n) is 21.0. The molecule has 33 heavy (non-hydrogen) atoms. The average molecular weight is 443 g/mol. The molecule has 1 aliphatic rings. The number of carbonyl (C=O) groups is 2. The molecule has 0 aromatic heterocycles. The maximum Gasteiger partial charge on any atom is 0.194 e. The molecule has 0 bridgehead atoms. The Morgan fingerprint density at radius 2 is 1.21 bits per heavy atom. The number of fused-ring (bicyclic) bond motifs is 2. The van der Waals surface area contributed by atoms with Gasteiger partial charge in [-0.15, -0.1) is 0 Å². The van der Waals surface area contributed by atoms with Gasteiger partial charge in [-0.3, -0.25) is 9.59 Å². The van der Waals surface area contributed by atoms with Gasteiger partial charge in [0.05, 0.1) is 0 Å². The van der Waals surface area contributed by atoms with Crippen LogP contribution in [-0.2, 0) is 12.8 Å². The second-order valence-electron chi connectivity index (χ2n) is 10.1. The third kappa shape index (κ3) is 6.63. The minimum absolute atomic E-state index is 0.0209. The smallest absolute Gasteiger partial charge is 0.194 e. The van der Waals surface area contributed by atoms with Crippen molar-refractivity contribution in [1.29, 1.82) is 0 Å². The van der Waals surface area contributed by atoms with Crippen molar-refractivity contribution in [3.63, 3.8) is 0 Å². The van der Waals surface area contributed by atoms with Gasteiger partial charge in [-0.1, -0.05) is 60.9 Å². The Bertz CT molecular complexity index is 1080. The van der Waals surface area contributed by atoms with Crippen LogP contribution in [0.4, 0.5) is 0 Å². The lowest BCUT2D eigenvalue weighted by molar-refractivity contribution is 0.0979. The Balaban J connectivity index is 1.67. The summed E-state index contributed by atoms with van der Waals surface area (Å²) >= 11 is 0. The first-order valence-corrected chi connectivity index (χ1v) is 12.4. The number of hydrogen-bond acceptors (Lipinski definition) is 2. The Kier molecular flexibility index (Phi) is 8.61. The van der Waals surface area contributed by atoms with E-state index in [1.165, 1.54) is 24.0 Å². The molecule has 0 amide bonds. The average Bonchev–Trinajstić information content (AvgIpc) is 2.77. The minimum atomic E-state index is -0.0249. The van der Waals surface area contributed by atoms with E-state index in [1.54, 1.807) is 0 Å². The van der Waals surface area contributed by atoms with Gasteiger partial charge >= 0.3 is 0 Å². The lowest BCUT2D eigenvalue weighted by Gasteiger charge is -2.19. The van der Waals surface area contributed by atoms with Crippen LogP contribution in [0.25, 0.3) is 0 Å². The SMILES string of the molecule is CC(C)=CCCc1ccc2c(c1)C(=O)c1ccc(CCCC(C)CCC=C(C)C)cc1C2=O. The van der Waals surface area contributed by atoms with E-state index in [1.807, 2.05) is 36.4 Å². The fraction of sp³-hybridized carbons (Fsp3) is 0.419. The number of ketones is 2. The van der Waals surface area contributed by atoms with Gasteiger partial charge in [0, 0.05) is 22.3 Å². The zero-order chi connectivity index (χ0) is 24.0. The van der Waals surface area contributed by atoms with Crippen molar-refractivity contribution >= 4 is 11.6 Å². The van der Waals surface area contributed by atoms with Crippen LogP contribution in [0.15, 0.2) is 59.7 Å². The molecule has 3 rings (SSSR count). The van der Waals surface area contributed by atoms with Crippen molar-refractivity contribution in [3.8, 4) is 0 Å². The van der Waals surface area contributed by atoms with Gasteiger partial charge in [-0.25, -0.2) is 0 Å². The van der Waals surface area contributed by atoms with Crippen molar-refractivity contribution in [1.82, 2.24) is 0 Å². The largest absolute Gasteiger partial charge is 0.289 e. The van der Waals surface area contributed by atoms with E-state index < -0.39 is 0 Å². The van der Waals surface area contributed by atoms with Gasteiger partial charge in [-0.05, 0) is 95.4 Å². The second kappa shape index (κ2) is 11.4. The van der Waals surface area contributed by atoms with Gasteiger partial charge in [0.25, 0.3) is 0 Å². The highest BCUT2D eigenvalue weighted by atomic mass is 16.1. The molecule has 0 fully saturated rings. The first-order chi connectivity index (χ1) is 15.8. The number of carbonyl (C=O) groups excluding carboxylic acids is 2. The van der Waals surface area contributed by atoms with Crippen molar-refractivity contribution in [2.45, 2.75) is 79.6 Å². The lowest BCUT2D eigenvalue weighted by atomic mass is 9.82. The van der Waals surface area contributed by atoms with Gasteiger partial charge in [0.1, 0.15) is 0 Å². The van der Waals surface area contributed by atoms with E-state index >= 15 is 0 Å². The molecule has 0 aliphatic heterocycles. The summed E-state index contributed by atoms with van der Waals surface area (Å²) in [6.07, 6.45) is 11.9. The van der Waals surface area contributed by atoms with Crippen molar-refractivity contribution in [3.05, 3.63) is 93.1 Å². The number of aryl methyl sites for hydroxylation is 2. The Labute approximate surface area is 199 Å². The second-order valence-corrected chi connectivity index (χ2v) is 10.1. The molecular formula is C31H38O2. The molecule has 0 saturated heterocycles. The topological polar surface area (TPSA) is 34.1 Å². The Morgan fingerprint density at radius 1 is 0.697 bits per heavy atom.